The summed E-state index contributed by atoms with van der Waals surface area (Å²) >= 11 is 11.8. The Labute approximate surface area is 141 Å². The lowest BCUT2D eigenvalue weighted by Crippen LogP contribution is -2.29. The predicted octanol–water partition coefficient (Wildman–Crippen LogP) is 2.85. The molecule has 2 aromatic heterocycles. The van der Waals surface area contributed by atoms with Crippen LogP contribution in [-0.4, -0.2) is 47.4 Å². The van der Waals surface area contributed by atoms with Crippen LogP contribution in [0.2, 0.25) is 10.4 Å². The van der Waals surface area contributed by atoms with E-state index in [-0.39, 0.29) is 34.0 Å². The Bertz CT molecular complexity index is 791. The molecule has 3 heterocycles. The monoisotopic (exact) mass is 358 g/mol. The lowest BCUT2D eigenvalue weighted by Gasteiger charge is -2.24. The van der Waals surface area contributed by atoms with Gasteiger partial charge in [0.15, 0.2) is 11.0 Å². The van der Waals surface area contributed by atoms with E-state index in [2.05, 4.69) is 19.9 Å². The Balaban J connectivity index is 1.96. The van der Waals surface area contributed by atoms with Gasteiger partial charge in [-0.2, -0.15) is 9.97 Å². The van der Waals surface area contributed by atoms with Crippen LogP contribution in [0.3, 0.4) is 0 Å². The minimum Gasteiger partial charge on any atom is -0.480 e. The summed E-state index contributed by atoms with van der Waals surface area (Å²) < 4.78 is 25.4. The van der Waals surface area contributed by atoms with Gasteiger partial charge in [0.1, 0.15) is 16.7 Å². The SMILES string of the molecule is COc1nc(Cl)c(F)c2nc(Cl)nc(N3CCCOC4CC43)c12. The van der Waals surface area contributed by atoms with Gasteiger partial charge in [-0.1, -0.05) is 11.6 Å². The number of pyridine rings is 1. The first-order chi connectivity index (χ1) is 11.1. The Kier molecular flexibility index (Phi) is 3.66. The van der Waals surface area contributed by atoms with Crippen molar-refractivity contribution in [2.75, 3.05) is 25.2 Å². The van der Waals surface area contributed by atoms with Crippen molar-refractivity contribution in [1.82, 2.24) is 15.0 Å². The molecule has 1 saturated heterocycles. The molecule has 2 aliphatic rings. The van der Waals surface area contributed by atoms with Crippen LogP contribution in [0.1, 0.15) is 12.8 Å². The second-order valence-corrected chi connectivity index (χ2v) is 6.22. The minimum absolute atomic E-state index is 0.0132. The summed E-state index contributed by atoms with van der Waals surface area (Å²) in [5, 5.41) is 0.0306. The molecule has 2 fully saturated rings. The molecule has 1 saturated carbocycles. The van der Waals surface area contributed by atoms with Gasteiger partial charge in [-0.05, 0) is 24.4 Å². The summed E-state index contributed by atoms with van der Waals surface area (Å²) in [6, 6.07) is 0.204. The number of halogens is 3. The molecule has 4 rings (SSSR count). The molecule has 6 nitrogen and oxygen atoms in total. The smallest absolute Gasteiger partial charge is 0.228 e. The summed E-state index contributed by atoms with van der Waals surface area (Å²) in [7, 11) is 1.44. The molecule has 1 aliphatic heterocycles. The van der Waals surface area contributed by atoms with Crippen LogP contribution >= 0.6 is 23.2 Å². The molecule has 2 unspecified atom stereocenters. The van der Waals surface area contributed by atoms with E-state index in [1.165, 1.54) is 7.11 Å². The van der Waals surface area contributed by atoms with E-state index in [0.717, 1.165) is 19.4 Å². The van der Waals surface area contributed by atoms with Gasteiger partial charge in [0.05, 0.1) is 19.3 Å². The summed E-state index contributed by atoms with van der Waals surface area (Å²) in [5.41, 5.74) is 0.0132. The van der Waals surface area contributed by atoms with Crippen LogP contribution < -0.4 is 9.64 Å². The summed E-state index contributed by atoms with van der Waals surface area (Å²) in [5.74, 6) is -0.0372. The fourth-order valence-corrected chi connectivity index (χ4v) is 3.32. The number of nitrogens with zero attached hydrogens (tertiary/aromatic N) is 4. The molecule has 0 spiro atoms. The molecule has 0 N–H and O–H groups in total. The van der Waals surface area contributed by atoms with Crippen molar-refractivity contribution in [2.24, 2.45) is 0 Å². The normalized spacial score (nSPS) is 23.6. The maximum Gasteiger partial charge on any atom is 0.228 e. The van der Waals surface area contributed by atoms with E-state index in [4.69, 9.17) is 32.7 Å². The van der Waals surface area contributed by atoms with Crippen molar-refractivity contribution in [3.63, 3.8) is 0 Å². The van der Waals surface area contributed by atoms with Crippen LogP contribution in [0.5, 0.6) is 5.88 Å². The largest absolute Gasteiger partial charge is 0.480 e. The van der Waals surface area contributed by atoms with Gasteiger partial charge in [0.2, 0.25) is 11.2 Å². The highest BCUT2D eigenvalue weighted by atomic mass is 35.5. The van der Waals surface area contributed by atoms with Gasteiger partial charge in [0.25, 0.3) is 0 Å². The third-order valence-corrected chi connectivity index (χ3v) is 4.53. The van der Waals surface area contributed by atoms with Crippen molar-refractivity contribution >= 4 is 39.9 Å². The van der Waals surface area contributed by atoms with Crippen molar-refractivity contribution < 1.29 is 13.9 Å². The van der Waals surface area contributed by atoms with E-state index in [1.54, 1.807) is 0 Å². The second-order valence-electron chi connectivity index (χ2n) is 5.52. The number of ether oxygens (including phenoxy) is 2. The van der Waals surface area contributed by atoms with Crippen LogP contribution in [0, 0.1) is 5.82 Å². The second kappa shape index (κ2) is 5.58. The molecule has 2 aromatic rings. The number of fused-ring (bicyclic) bond motifs is 2. The molecule has 9 heteroatoms. The van der Waals surface area contributed by atoms with Gasteiger partial charge >= 0.3 is 0 Å². The first kappa shape index (κ1) is 15.1. The van der Waals surface area contributed by atoms with Gasteiger partial charge in [-0.25, -0.2) is 9.37 Å². The molecular weight excluding hydrogens is 346 g/mol. The van der Waals surface area contributed by atoms with E-state index in [1.807, 2.05) is 0 Å². The Morgan fingerprint density at radius 1 is 1.30 bits per heavy atom. The van der Waals surface area contributed by atoms with E-state index in [9.17, 15) is 4.39 Å². The van der Waals surface area contributed by atoms with Crippen LogP contribution in [0.25, 0.3) is 10.9 Å². The van der Waals surface area contributed by atoms with Crippen molar-refractivity contribution in [1.29, 1.82) is 0 Å². The van der Waals surface area contributed by atoms with Crippen molar-refractivity contribution in [3.05, 3.63) is 16.3 Å². The molecule has 23 heavy (non-hydrogen) atoms. The fraction of sp³-hybridized carbons (Fsp3) is 0.500. The maximum atomic E-state index is 14.4. The number of methoxy groups -OCH3 is 1. The molecule has 122 valence electrons. The summed E-state index contributed by atoms with van der Waals surface area (Å²) in [4.78, 5) is 14.3. The zero-order chi connectivity index (χ0) is 16.1. The van der Waals surface area contributed by atoms with Gasteiger partial charge in [0, 0.05) is 13.2 Å². The van der Waals surface area contributed by atoms with E-state index < -0.39 is 5.82 Å². The zero-order valence-electron chi connectivity index (χ0n) is 12.2. The van der Waals surface area contributed by atoms with E-state index in [0.29, 0.717) is 17.8 Å². The van der Waals surface area contributed by atoms with Gasteiger partial charge < -0.3 is 14.4 Å². The predicted molar refractivity (Wildman–Crippen MR) is 84.0 cm³/mol. The Morgan fingerprint density at radius 2 is 2.13 bits per heavy atom. The lowest BCUT2D eigenvalue weighted by atomic mass is 10.2. The Hall–Kier alpha value is -1.44. The molecule has 0 bridgehead atoms. The highest BCUT2D eigenvalue weighted by Crippen LogP contribution is 2.42. The molecule has 0 aromatic carbocycles. The van der Waals surface area contributed by atoms with Crippen molar-refractivity contribution in [2.45, 2.75) is 25.0 Å². The first-order valence-electron chi connectivity index (χ1n) is 7.24. The van der Waals surface area contributed by atoms with Crippen LogP contribution in [0.4, 0.5) is 10.2 Å². The van der Waals surface area contributed by atoms with Gasteiger partial charge in [-0.3, -0.25) is 0 Å². The highest BCUT2D eigenvalue weighted by molar-refractivity contribution is 6.31. The Morgan fingerprint density at radius 3 is 2.91 bits per heavy atom. The average Bonchev–Trinajstić information content (AvgIpc) is 3.30. The van der Waals surface area contributed by atoms with E-state index >= 15 is 0 Å². The number of rotatable bonds is 2. The third-order valence-electron chi connectivity index (χ3n) is 4.11. The topological polar surface area (TPSA) is 60.4 Å². The lowest BCUT2D eigenvalue weighted by molar-refractivity contribution is 0.124. The number of aromatic nitrogens is 3. The molecule has 0 amide bonds. The number of hydrogen-bond acceptors (Lipinski definition) is 6. The van der Waals surface area contributed by atoms with Crippen molar-refractivity contribution in [3.8, 4) is 5.88 Å². The molecular formula is C14H13Cl2FN4O2. The number of hydrogen-bond donors (Lipinski definition) is 0. The minimum atomic E-state index is -0.730. The summed E-state index contributed by atoms with van der Waals surface area (Å²) in [6.45, 7) is 1.43. The maximum absolute atomic E-state index is 14.4. The molecule has 0 radical (unpaired) electrons. The first-order valence-corrected chi connectivity index (χ1v) is 8.00. The number of anilines is 1. The fourth-order valence-electron chi connectivity index (χ4n) is 2.99. The van der Waals surface area contributed by atoms with Crippen LogP contribution in [0.15, 0.2) is 0 Å². The standard InChI is InChI=1S/C14H13Cl2FN4O2/c1-22-13-8-10(9(17)11(15)19-13)18-14(16)20-12(8)21-3-2-4-23-7-5-6(7)21/h6-7H,2-5H2,1H3. The highest BCUT2D eigenvalue weighted by Gasteiger charge is 2.45. The van der Waals surface area contributed by atoms with Gasteiger partial charge in [-0.15, -0.1) is 0 Å². The zero-order valence-corrected chi connectivity index (χ0v) is 13.7. The molecule has 2 atom stereocenters. The van der Waals surface area contributed by atoms with Crippen LogP contribution in [-0.2, 0) is 4.74 Å². The third kappa shape index (κ3) is 2.47. The average molecular weight is 359 g/mol. The quantitative estimate of drug-likeness (QED) is 0.607. The summed E-state index contributed by atoms with van der Waals surface area (Å²) in [6.07, 6.45) is 1.94. The molecule has 1 aliphatic carbocycles.